The summed E-state index contributed by atoms with van der Waals surface area (Å²) in [5.41, 5.74) is 7.60. The number of carboxylic acid groups (broad SMARTS) is 1. The van der Waals surface area contributed by atoms with Gasteiger partial charge in [0.1, 0.15) is 6.04 Å². The molecule has 1 amide bonds. The van der Waals surface area contributed by atoms with Crippen molar-refractivity contribution >= 4 is 17.6 Å². The molecule has 1 saturated heterocycles. The first-order valence-corrected chi connectivity index (χ1v) is 7.34. The number of likely N-dealkylation sites (tertiary alicyclic amines) is 1. The van der Waals surface area contributed by atoms with Gasteiger partial charge in [0.25, 0.3) is 5.91 Å². The Morgan fingerprint density at radius 3 is 2.76 bits per heavy atom. The van der Waals surface area contributed by atoms with Gasteiger partial charge in [0.05, 0.1) is 0 Å². The van der Waals surface area contributed by atoms with Crippen LogP contribution in [0.5, 0.6) is 0 Å². The monoisotopic (exact) mass is 290 g/mol. The molecule has 0 radical (unpaired) electrons. The van der Waals surface area contributed by atoms with Crippen molar-refractivity contribution in [3.63, 3.8) is 0 Å². The molecule has 114 valence electrons. The maximum Gasteiger partial charge on any atom is 0.326 e. The molecular formula is C16H22N2O3. The van der Waals surface area contributed by atoms with E-state index in [4.69, 9.17) is 5.73 Å². The van der Waals surface area contributed by atoms with Crippen molar-refractivity contribution in [2.45, 2.75) is 39.2 Å². The van der Waals surface area contributed by atoms with E-state index in [1.54, 1.807) is 25.1 Å². The number of carbonyl (C=O) groups excluding carboxylic acids is 1. The Labute approximate surface area is 124 Å². The molecule has 0 aliphatic carbocycles. The van der Waals surface area contributed by atoms with E-state index in [0.717, 1.165) is 12.8 Å². The van der Waals surface area contributed by atoms with Gasteiger partial charge in [-0.05, 0) is 43.4 Å². The second-order valence-electron chi connectivity index (χ2n) is 5.67. The molecule has 0 saturated carbocycles. The van der Waals surface area contributed by atoms with E-state index in [1.165, 1.54) is 4.90 Å². The molecule has 1 aromatic rings. The normalized spacial score (nSPS) is 22.1. The van der Waals surface area contributed by atoms with Gasteiger partial charge in [0.2, 0.25) is 0 Å². The van der Waals surface area contributed by atoms with Gasteiger partial charge >= 0.3 is 5.97 Å². The second kappa shape index (κ2) is 6.16. The third-order valence-electron chi connectivity index (χ3n) is 4.44. The molecule has 2 atom stereocenters. The number of carbonyl (C=O) groups is 2. The summed E-state index contributed by atoms with van der Waals surface area (Å²) in [7, 11) is 0. The minimum Gasteiger partial charge on any atom is -0.480 e. The number of amides is 1. The van der Waals surface area contributed by atoms with Gasteiger partial charge in [0.15, 0.2) is 0 Å². The minimum absolute atomic E-state index is 0.234. The quantitative estimate of drug-likeness (QED) is 0.837. The van der Waals surface area contributed by atoms with Crippen LogP contribution < -0.4 is 5.73 Å². The average molecular weight is 290 g/mol. The highest BCUT2D eigenvalue weighted by Gasteiger charge is 2.36. The fourth-order valence-electron chi connectivity index (χ4n) is 2.93. The highest BCUT2D eigenvalue weighted by atomic mass is 16.4. The van der Waals surface area contributed by atoms with Crippen LogP contribution in [-0.2, 0) is 4.79 Å². The van der Waals surface area contributed by atoms with Crippen LogP contribution in [0, 0.1) is 12.8 Å². The lowest BCUT2D eigenvalue weighted by molar-refractivity contribution is -0.144. The number of nitrogens with two attached hydrogens (primary N) is 1. The van der Waals surface area contributed by atoms with E-state index in [2.05, 4.69) is 6.92 Å². The first-order chi connectivity index (χ1) is 9.95. The molecular weight excluding hydrogens is 268 g/mol. The van der Waals surface area contributed by atoms with Gasteiger partial charge in [-0.25, -0.2) is 4.79 Å². The van der Waals surface area contributed by atoms with Crippen molar-refractivity contribution in [2.75, 3.05) is 12.3 Å². The zero-order valence-corrected chi connectivity index (χ0v) is 12.5. The Morgan fingerprint density at radius 2 is 2.14 bits per heavy atom. The molecule has 1 heterocycles. The van der Waals surface area contributed by atoms with Gasteiger partial charge < -0.3 is 15.7 Å². The number of hydrogen-bond donors (Lipinski definition) is 2. The number of aliphatic carboxylic acids is 1. The number of carboxylic acids is 1. The maximum atomic E-state index is 12.7. The predicted octanol–water partition coefficient (Wildman–Crippen LogP) is 2.29. The van der Waals surface area contributed by atoms with E-state index in [-0.39, 0.29) is 5.91 Å². The van der Waals surface area contributed by atoms with Crippen LogP contribution >= 0.6 is 0 Å². The molecule has 2 rings (SSSR count). The van der Waals surface area contributed by atoms with Crippen LogP contribution in [0.25, 0.3) is 0 Å². The molecule has 1 aromatic carbocycles. The van der Waals surface area contributed by atoms with E-state index in [0.29, 0.717) is 35.7 Å². The van der Waals surface area contributed by atoms with Crippen LogP contribution in [0.1, 0.15) is 42.1 Å². The number of piperidine rings is 1. The number of hydrogen-bond acceptors (Lipinski definition) is 3. The van der Waals surface area contributed by atoms with Crippen molar-refractivity contribution < 1.29 is 14.7 Å². The van der Waals surface area contributed by atoms with E-state index in [9.17, 15) is 14.7 Å². The van der Waals surface area contributed by atoms with Crippen LogP contribution in [-0.4, -0.2) is 34.5 Å². The smallest absolute Gasteiger partial charge is 0.326 e. The molecule has 21 heavy (non-hydrogen) atoms. The van der Waals surface area contributed by atoms with Crippen LogP contribution in [0.2, 0.25) is 0 Å². The highest BCUT2D eigenvalue weighted by molar-refractivity contribution is 5.99. The molecule has 0 spiro atoms. The van der Waals surface area contributed by atoms with Gasteiger partial charge in [-0.1, -0.05) is 19.4 Å². The molecule has 0 aromatic heterocycles. The molecule has 5 heteroatoms. The minimum atomic E-state index is -0.928. The van der Waals surface area contributed by atoms with Gasteiger partial charge in [0, 0.05) is 17.8 Å². The van der Waals surface area contributed by atoms with Gasteiger partial charge in [-0.2, -0.15) is 0 Å². The molecule has 3 N–H and O–H groups in total. The first-order valence-electron chi connectivity index (χ1n) is 7.34. The summed E-state index contributed by atoms with van der Waals surface area (Å²) in [6, 6.07) is 4.43. The largest absolute Gasteiger partial charge is 0.480 e. The van der Waals surface area contributed by atoms with Crippen LogP contribution in [0.15, 0.2) is 18.2 Å². The lowest BCUT2D eigenvalue weighted by Gasteiger charge is -2.37. The van der Waals surface area contributed by atoms with E-state index < -0.39 is 12.0 Å². The Hall–Kier alpha value is -2.04. The van der Waals surface area contributed by atoms with Crippen molar-refractivity contribution in [3.8, 4) is 0 Å². The topological polar surface area (TPSA) is 83.6 Å². The summed E-state index contributed by atoms with van der Waals surface area (Å²) in [5.74, 6) is -0.790. The van der Waals surface area contributed by atoms with Crippen molar-refractivity contribution in [3.05, 3.63) is 29.3 Å². The third kappa shape index (κ3) is 3.01. The van der Waals surface area contributed by atoms with E-state index in [1.807, 2.05) is 0 Å². The third-order valence-corrected chi connectivity index (χ3v) is 4.44. The maximum absolute atomic E-state index is 12.7. The van der Waals surface area contributed by atoms with E-state index >= 15 is 0 Å². The highest BCUT2D eigenvalue weighted by Crippen LogP contribution is 2.28. The first kappa shape index (κ1) is 15.4. The summed E-state index contributed by atoms with van der Waals surface area (Å²) >= 11 is 0. The Balaban J connectivity index is 2.28. The summed E-state index contributed by atoms with van der Waals surface area (Å²) in [6.07, 6.45) is 2.33. The number of nitrogens with zero attached hydrogens (tertiary/aromatic N) is 1. The zero-order valence-electron chi connectivity index (χ0n) is 12.5. The number of benzene rings is 1. The summed E-state index contributed by atoms with van der Waals surface area (Å²) in [5, 5.41) is 9.42. The van der Waals surface area contributed by atoms with Crippen LogP contribution in [0.4, 0.5) is 5.69 Å². The fourth-order valence-corrected chi connectivity index (χ4v) is 2.93. The van der Waals surface area contributed by atoms with Gasteiger partial charge in [-0.15, -0.1) is 0 Å². The molecule has 2 unspecified atom stereocenters. The SMILES string of the molecule is CCC1CCN(C(=O)c2cccc(N)c2C)C(C(=O)O)C1. The number of rotatable bonds is 3. The fraction of sp³-hybridized carbons (Fsp3) is 0.500. The molecule has 1 aliphatic rings. The van der Waals surface area contributed by atoms with Crippen LogP contribution in [0.3, 0.4) is 0 Å². The lowest BCUT2D eigenvalue weighted by atomic mass is 9.88. The Morgan fingerprint density at radius 1 is 1.43 bits per heavy atom. The Bertz CT molecular complexity index is 556. The summed E-state index contributed by atoms with van der Waals surface area (Å²) in [4.78, 5) is 25.7. The van der Waals surface area contributed by atoms with Gasteiger partial charge in [-0.3, -0.25) is 4.79 Å². The zero-order chi connectivity index (χ0) is 15.6. The molecule has 1 aliphatic heterocycles. The second-order valence-corrected chi connectivity index (χ2v) is 5.67. The predicted molar refractivity (Wildman–Crippen MR) is 81.1 cm³/mol. The summed E-state index contributed by atoms with van der Waals surface area (Å²) < 4.78 is 0. The van der Waals surface area contributed by atoms with Crippen molar-refractivity contribution in [1.82, 2.24) is 4.90 Å². The molecule has 0 bridgehead atoms. The lowest BCUT2D eigenvalue weighted by Crippen LogP contribution is -2.50. The standard InChI is InChI=1S/C16H22N2O3/c1-3-11-7-8-18(14(9-11)16(20)21)15(19)12-5-4-6-13(17)10(12)2/h4-6,11,14H,3,7-9,17H2,1-2H3,(H,20,21). The number of anilines is 1. The number of nitrogen functional groups attached to an aromatic ring is 1. The average Bonchev–Trinajstić information content (AvgIpc) is 2.48. The molecule has 5 nitrogen and oxygen atoms in total. The van der Waals surface area contributed by atoms with Crippen molar-refractivity contribution in [2.24, 2.45) is 5.92 Å². The molecule has 1 fully saturated rings. The Kier molecular flexibility index (Phi) is 4.50. The van der Waals surface area contributed by atoms with Crippen molar-refractivity contribution in [1.29, 1.82) is 0 Å². The summed E-state index contributed by atoms with van der Waals surface area (Å²) in [6.45, 7) is 4.34.